The lowest BCUT2D eigenvalue weighted by Gasteiger charge is -2.15. The summed E-state index contributed by atoms with van der Waals surface area (Å²) < 4.78 is 0.594. The molecule has 0 bridgehead atoms. The summed E-state index contributed by atoms with van der Waals surface area (Å²) in [7, 11) is 0. The first-order valence-corrected chi connectivity index (χ1v) is 9.15. The highest BCUT2D eigenvalue weighted by molar-refractivity contribution is 8.01. The van der Waals surface area contributed by atoms with Crippen molar-refractivity contribution in [1.29, 1.82) is 0 Å². The molecule has 1 aliphatic rings. The van der Waals surface area contributed by atoms with E-state index in [1.54, 1.807) is 4.90 Å². The molecule has 0 atom stereocenters. The number of hydrogen-bond donors (Lipinski definition) is 2. The topological polar surface area (TPSA) is 104 Å². The van der Waals surface area contributed by atoms with Crippen molar-refractivity contribution in [1.82, 2.24) is 20.8 Å². The fourth-order valence-corrected chi connectivity index (χ4v) is 3.57. The zero-order valence-electron chi connectivity index (χ0n) is 13.0. The Hall–Kier alpha value is -1.68. The van der Waals surface area contributed by atoms with Gasteiger partial charge >= 0.3 is 6.03 Å². The molecule has 1 heterocycles. The van der Waals surface area contributed by atoms with Gasteiger partial charge in [-0.1, -0.05) is 30.0 Å². The van der Waals surface area contributed by atoms with Crippen molar-refractivity contribution < 1.29 is 14.4 Å². The van der Waals surface area contributed by atoms with Gasteiger partial charge in [0.05, 0.1) is 5.75 Å². The minimum atomic E-state index is -0.494. The van der Waals surface area contributed by atoms with Crippen molar-refractivity contribution in [2.45, 2.75) is 43.5 Å². The summed E-state index contributed by atoms with van der Waals surface area (Å²) in [5, 5.41) is 13.4. The number of urea groups is 1. The van der Waals surface area contributed by atoms with Gasteiger partial charge in [0.15, 0.2) is 4.34 Å². The van der Waals surface area contributed by atoms with E-state index in [9.17, 15) is 14.4 Å². The summed E-state index contributed by atoms with van der Waals surface area (Å²) in [6, 6.07) is -0.268. The molecule has 0 aromatic carbocycles. The first-order valence-electron chi connectivity index (χ1n) is 7.35. The molecule has 23 heavy (non-hydrogen) atoms. The number of nitrogens with zero attached hydrogens (tertiary/aromatic N) is 3. The molecule has 1 aromatic rings. The molecule has 8 nitrogen and oxygen atoms in total. The smallest absolute Gasteiger partial charge is 0.321 e. The van der Waals surface area contributed by atoms with Crippen LogP contribution in [-0.2, 0) is 9.59 Å². The van der Waals surface area contributed by atoms with E-state index in [-0.39, 0.29) is 17.7 Å². The van der Waals surface area contributed by atoms with Crippen LogP contribution in [0.25, 0.3) is 0 Å². The second-order valence-electron chi connectivity index (χ2n) is 5.06. The highest BCUT2D eigenvalue weighted by atomic mass is 32.2. The molecule has 126 valence electrons. The number of thioether (sulfide) groups is 1. The lowest BCUT2D eigenvalue weighted by atomic mass is 10.5. The normalized spacial score (nSPS) is 13.5. The van der Waals surface area contributed by atoms with Gasteiger partial charge in [0.1, 0.15) is 0 Å². The van der Waals surface area contributed by atoms with Crippen molar-refractivity contribution in [3.63, 3.8) is 0 Å². The van der Waals surface area contributed by atoms with Crippen LogP contribution in [0, 0.1) is 0 Å². The van der Waals surface area contributed by atoms with E-state index >= 15 is 0 Å². The van der Waals surface area contributed by atoms with Gasteiger partial charge in [0.2, 0.25) is 16.9 Å². The van der Waals surface area contributed by atoms with Crippen molar-refractivity contribution in [3.8, 4) is 0 Å². The summed E-state index contributed by atoms with van der Waals surface area (Å²) in [6.45, 7) is 3.96. The zero-order chi connectivity index (χ0) is 16.8. The minimum Gasteiger partial charge on any atom is -0.338 e. The van der Waals surface area contributed by atoms with Crippen LogP contribution >= 0.6 is 23.1 Å². The average molecular weight is 357 g/mol. The Morgan fingerprint density at radius 2 is 2.09 bits per heavy atom. The van der Waals surface area contributed by atoms with Crippen molar-refractivity contribution in [2.75, 3.05) is 17.2 Å². The summed E-state index contributed by atoms with van der Waals surface area (Å²) in [5.41, 5.74) is 0. The standard InChI is InChI=1S/C13H19N5O3S2/c1-3-6-14-11(21)15-10(20)7-22-13-17-16-12(23-13)18(8(2)19)9-4-5-9/h9H,3-7H2,1-2H3,(H2,14,15,20,21). The van der Waals surface area contributed by atoms with E-state index in [4.69, 9.17) is 0 Å². The molecule has 10 heteroatoms. The summed E-state index contributed by atoms with van der Waals surface area (Å²) in [6.07, 6.45) is 2.77. The molecule has 0 spiro atoms. The Morgan fingerprint density at radius 3 is 2.70 bits per heavy atom. The number of hydrogen-bond acceptors (Lipinski definition) is 7. The van der Waals surface area contributed by atoms with Gasteiger partial charge in [-0.3, -0.25) is 19.8 Å². The van der Waals surface area contributed by atoms with E-state index < -0.39 is 11.9 Å². The second-order valence-corrected chi connectivity index (χ2v) is 7.24. The average Bonchev–Trinajstić information content (AvgIpc) is 3.21. The fourth-order valence-electron chi connectivity index (χ4n) is 1.81. The first kappa shape index (κ1) is 17.7. The molecule has 0 unspecified atom stereocenters. The maximum atomic E-state index is 11.7. The van der Waals surface area contributed by atoms with Crippen molar-refractivity contribution in [3.05, 3.63) is 0 Å². The SMILES string of the molecule is CCCNC(=O)NC(=O)CSc1nnc(N(C(C)=O)C2CC2)s1. The number of carbonyl (C=O) groups excluding carboxylic acids is 3. The van der Waals surface area contributed by atoms with Crippen molar-refractivity contribution >= 4 is 46.1 Å². The van der Waals surface area contributed by atoms with E-state index in [0.29, 0.717) is 16.0 Å². The Labute approximate surface area is 142 Å². The van der Waals surface area contributed by atoms with Gasteiger partial charge in [-0.05, 0) is 19.3 Å². The molecule has 4 amide bonds. The number of anilines is 1. The Morgan fingerprint density at radius 1 is 1.35 bits per heavy atom. The number of imide groups is 1. The summed E-state index contributed by atoms with van der Waals surface area (Å²) in [5.74, 6) is -0.381. The quantitative estimate of drug-likeness (QED) is 0.564. The summed E-state index contributed by atoms with van der Waals surface area (Å²) in [4.78, 5) is 36.3. The molecule has 1 saturated carbocycles. The predicted octanol–water partition coefficient (Wildman–Crippen LogP) is 1.38. The molecule has 0 radical (unpaired) electrons. The zero-order valence-corrected chi connectivity index (χ0v) is 14.6. The molecular formula is C13H19N5O3S2. The van der Waals surface area contributed by atoms with Crippen LogP contribution < -0.4 is 15.5 Å². The van der Waals surface area contributed by atoms with Crippen LogP contribution in [0.5, 0.6) is 0 Å². The van der Waals surface area contributed by atoms with Gasteiger partial charge in [-0.2, -0.15) is 0 Å². The third kappa shape index (κ3) is 5.47. The number of carbonyl (C=O) groups is 3. The van der Waals surface area contributed by atoms with Crippen LogP contribution in [-0.4, -0.2) is 46.4 Å². The maximum Gasteiger partial charge on any atom is 0.321 e. The Kier molecular flexibility index (Phi) is 6.34. The molecule has 1 aromatic heterocycles. The molecule has 1 fully saturated rings. The molecule has 0 saturated heterocycles. The van der Waals surface area contributed by atoms with E-state index in [1.807, 2.05) is 6.92 Å². The van der Waals surface area contributed by atoms with Crippen LogP contribution in [0.15, 0.2) is 4.34 Å². The fraction of sp³-hybridized carbons (Fsp3) is 0.615. The van der Waals surface area contributed by atoms with Gasteiger partial charge in [0, 0.05) is 19.5 Å². The second kappa shape index (κ2) is 8.25. The van der Waals surface area contributed by atoms with E-state index in [0.717, 1.165) is 19.3 Å². The number of aromatic nitrogens is 2. The maximum absolute atomic E-state index is 11.7. The highest BCUT2D eigenvalue weighted by Gasteiger charge is 2.34. The Bertz CT molecular complexity index is 588. The molecule has 2 N–H and O–H groups in total. The van der Waals surface area contributed by atoms with Gasteiger partial charge in [-0.15, -0.1) is 10.2 Å². The van der Waals surface area contributed by atoms with Gasteiger partial charge in [0.25, 0.3) is 0 Å². The van der Waals surface area contributed by atoms with Crippen LogP contribution in [0.2, 0.25) is 0 Å². The Balaban J connectivity index is 1.81. The van der Waals surface area contributed by atoms with Gasteiger partial charge in [-0.25, -0.2) is 4.79 Å². The van der Waals surface area contributed by atoms with Crippen LogP contribution in [0.3, 0.4) is 0 Å². The predicted molar refractivity (Wildman–Crippen MR) is 88.6 cm³/mol. The molecule has 1 aliphatic carbocycles. The van der Waals surface area contributed by atoms with Crippen LogP contribution in [0.1, 0.15) is 33.1 Å². The largest absolute Gasteiger partial charge is 0.338 e. The van der Waals surface area contributed by atoms with Crippen LogP contribution in [0.4, 0.5) is 9.93 Å². The third-order valence-corrected chi connectivity index (χ3v) is 5.02. The monoisotopic (exact) mass is 357 g/mol. The number of rotatable bonds is 7. The minimum absolute atomic E-state index is 0.0504. The summed E-state index contributed by atoms with van der Waals surface area (Å²) >= 11 is 2.47. The molecule has 2 rings (SSSR count). The number of nitrogens with one attached hydrogen (secondary N) is 2. The molecular weight excluding hydrogens is 338 g/mol. The van der Waals surface area contributed by atoms with Gasteiger partial charge < -0.3 is 5.32 Å². The van der Waals surface area contributed by atoms with E-state index in [2.05, 4.69) is 20.8 Å². The third-order valence-electron chi connectivity index (χ3n) is 2.97. The molecule has 0 aliphatic heterocycles. The lowest BCUT2D eigenvalue weighted by Crippen LogP contribution is -2.40. The first-order chi connectivity index (χ1) is 11.0. The number of amides is 4. The van der Waals surface area contributed by atoms with E-state index in [1.165, 1.54) is 30.0 Å². The van der Waals surface area contributed by atoms with Crippen molar-refractivity contribution in [2.24, 2.45) is 0 Å². The lowest BCUT2D eigenvalue weighted by molar-refractivity contribution is -0.118. The highest BCUT2D eigenvalue weighted by Crippen LogP contribution is 2.35.